The molecule has 2 aromatic heterocycles. The Hall–Kier alpha value is -5.53. The Kier molecular flexibility index (Phi) is 9.82. The molecule has 0 saturated carbocycles. The fourth-order valence-corrected chi connectivity index (χ4v) is 6.37. The van der Waals surface area contributed by atoms with Crippen molar-refractivity contribution in [1.82, 2.24) is 14.5 Å². The molecule has 0 radical (unpaired) electrons. The topological polar surface area (TPSA) is 113 Å². The molecule has 5 aromatic rings. The van der Waals surface area contributed by atoms with Crippen molar-refractivity contribution < 1.29 is 37.3 Å². The summed E-state index contributed by atoms with van der Waals surface area (Å²) in [4.78, 5) is 33.8. The summed E-state index contributed by atoms with van der Waals surface area (Å²) in [5.41, 5.74) is 0.810. The molecule has 0 unspecified atom stereocenters. The number of anilines is 1. The first-order valence-corrected chi connectivity index (χ1v) is 16.6. The van der Waals surface area contributed by atoms with Gasteiger partial charge in [0.25, 0.3) is 11.5 Å². The monoisotopic (exact) mass is 698 g/mol. The SMILES string of the molecule is COc1cc2c(Oc3ccc(NC(=O)c4c5c(cn(-c6ccc(F)cc6)c4=O)CCO5)cc3F)ccnc2cc1OCCN1CCC(OC)CC1. The van der Waals surface area contributed by atoms with E-state index in [2.05, 4.69) is 15.2 Å². The third-order valence-electron chi connectivity index (χ3n) is 9.12. The number of nitrogens with zero attached hydrogens (tertiary/aromatic N) is 3. The minimum absolute atomic E-state index is 0.0966. The van der Waals surface area contributed by atoms with Gasteiger partial charge in [0, 0.05) is 80.0 Å². The van der Waals surface area contributed by atoms with E-state index < -0.39 is 23.1 Å². The molecule has 1 saturated heterocycles. The van der Waals surface area contributed by atoms with Crippen molar-refractivity contribution in [2.45, 2.75) is 25.4 Å². The van der Waals surface area contributed by atoms with Crippen molar-refractivity contribution in [3.05, 3.63) is 106 Å². The van der Waals surface area contributed by atoms with E-state index in [0.717, 1.165) is 38.5 Å². The lowest BCUT2D eigenvalue weighted by molar-refractivity contribution is 0.0374. The average Bonchev–Trinajstić information content (AvgIpc) is 3.61. The molecule has 0 atom stereocenters. The Balaban J connectivity index is 1.07. The van der Waals surface area contributed by atoms with Crippen LogP contribution in [0.5, 0.6) is 28.7 Å². The van der Waals surface area contributed by atoms with Crippen molar-refractivity contribution in [3.8, 4) is 34.4 Å². The quantitative estimate of drug-likeness (QED) is 0.174. The summed E-state index contributed by atoms with van der Waals surface area (Å²) < 4.78 is 59.1. The zero-order valence-corrected chi connectivity index (χ0v) is 28.1. The minimum Gasteiger partial charge on any atom is -0.493 e. The fourth-order valence-electron chi connectivity index (χ4n) is 6.37. The summed E-state index contributed by atoms with van der Waals surface area (Å²) >= 11 is 0. The van der Waals surface area contributed by atoms with Gasteiger partial charge in [0.05, 0.1) is 25.3 Å². The molecule has 264 valence electrons. The van der Waals surface area contributed by atoms with Crippen LogP contribution in [-0.2, 0) is 11.2 Å². The average molecular weight is 699 g/mol. The number of methoxy groups -OCH3 is 2. The van der Waals surface area contributed by atoms with Crippen LogP contribution in [0.2, 0.25) is 0 Å². The van der Waals surface area contributed by atoms with E-state index in [0.29, 0.717) is 65.1 Å². The number of likely N-dealkylation sites (tertiary alicyclic amines) is 1. The summed E-state index contributed by atoms with van der Waals surface area (Å²) in [6.07, 6.45) is 5.92. The highest BCUT2D eigenvalue weighted by atomic mass is 19.1. The van der Waals surface area contributed by atoms with Gasteiger partial charge in [0.1, 0.15) is 29.5 Å². The van der Waals surface area contributed by atoms with Gasteiger partial charge in [-0.3, -0.25) is 24.0 Å². The molecule has 3 aromatic carbocycles. The summed E-state index contributed by atoms with van der Waals surface area (Å²) in [5.74, 6) is -0.563. The van der Waals surface area contributed by atoms with Crippen LogP contribution in [-0.4, -0.2) is 73.5 Å². The first kappa shape index (κ1) is 33.9. The highest BCUT2D eigenvalue weighted by Gasteiger charge is 2.27. The largest absolute Gasteiger partial charge is 0.493 e. The number of hydrogen-bond acceptors (Lipinski definition) is 9. The second-order valence-electron chi connectivity index (χ2n) is 12.3. The zero-order chi connectivity index (χ0) is 35.5. The molecular weight excluding hydrogens is 662 g/mol. The van der Waals surface area contributed by atoms with Gasteiger partial charge in [0.15, 0.2) is 23.1 Å². The molecule has 1 fully saturated rings. The summed E-state index contributed by atoms with van der Waals surface area (Å²) in [7, 11) is 3.29. The standard InChI is InChI=1S/C38H36F2N4O7/c1-47-27-10-14-43(15-11-27)16-18-49-34-21-30-28(20-33(34)48-2)31(9-13-41-30)51-32-8-5-25(19-29(32)40)42-37(45)35-36-23(12-17-50-36)22-44(38(35)46)26-6-3-24(39)4-7-26/h3-9,13,19-22,27H,10-12,14-18H2,1-2H3,(H,42,45). The van der Waals surface area contributed by atoms with Crippen LogP contribution in [0, 0.1) is 11.6 Å². The maximum Gasteiger partial charge on any atom is 0.271 e. The molecule has 4 heterocycles. The van der Waals surface area contributed by atoms with Gasteiger partial charge in [-0.05, 0) is 61.4 Å². The number of benzene rings is 3. The van der Waals surface area contributed by atoms with E-state index in [-0.39, 0.29) is 22.7 Å². The number of halogens is 2. The van der Waals surface area contributed by atoms with Crippen LogP contribution >= 0.6 is 0 Å². The van der Waals surface area contributed by atoms with Gasteiger partial charge < -0.3 is 29.0 Å². The van der Waals surface area contributed by atoms with Crippen LogP contribution in [0.4, 0.5) is 14.5 Å². The highest BCUT2D eigenvalue weighted by Crippen LogP contribution is 2.38. The Morgan fingerprint density at radius 3 is 2.53 bits per heavy atom. The molecule has 7 rings (SSSR count). The van der Waals surface area contributed by atoms with Crippen molar-refractivity contribution in [1.29, 1.82) is 0 Å². The molecule has 0 spiro atoms. The number of nitrogens with one attached hydrogen (secondary N) is 1. The number of pyridine rings is 2. The second-order valence-corrected chi connectivity index (χ2v) is 12.3. The molecule has 0 aliphatic carbocycles. The number of fused-ring (bicyclic) bond motifs is 2. The van der Waals surface area contributed by atoms with E-state index in [4.69, 9.17) is 23.7 Å². The first-order valence-electron chi connectivity index (χ1n) is 16.6. The molecule has 11 nitrogen and oxygen atoms in total. The maximum absolute atomic E-state index is 15.5. The Labute approximate surface area is 292 Å². The van der Waals surface area contributed by atoms with E-state index >= 15 is 4.39 Å². The number of amides is 1. The highest BCUT2D eigenvalue weighted by molar-refractivity contribution is 6.06. The van der Waals surface area contributed by atoms with Gasteiger partial charge >= 0.3 is 0 Å². The number of aromatic nitrogens is 2. The Morgan fingerprint density at radius 1 is 0.980 bits per heavy atom. The second kappa shape index (κ2) is 14.8. The zero-order valence-electron chi connectivity index (χ0n) is 28.1. The summed E-state index contributed by atoms with van der Waals surface area (Å²) in [5, 5.41) is 3.18. The lowest BCUT2D eigenvalue weighted by atomic mass is 10.1. The predicted molar refractivity (Wildman–Crippen MR) is 186 cm³/mol. The number of hydrogen-bond donors (Lipinski definition) is 1. The minimum atomic E-state index is -0.774. The number of rotatable bonds is 11. The Morgan fingerprint density at radius 2 is 1.78 bits per heavy atom. The van der Waals surface area contributed by atoms with Crippen LogP contribution in [0.25, 0.3) is 16.6 Å². The van der Waals surface area contributed by atoms with Gasteiger partial charge in [0.2, 0.25) is 0 Å². The fraction of sp³-hybridized carbons (Fsp3) is 0.289. The number of carbonyl (C=O) groups is 1. The smallest absolute Gasteiger partial charge is 0.271 e. The third-order valence-corrected chi connectivity index (χ3v) is 9.12. The van der Waals surface area contributed by atoms with Crippen molar-refractivity contribution >= 4 is 22.5 Å². The normalized spacial score (nSPS) is 14.6. The number of ether oxygens (including phenoxy) is 5. The summed E-state index contributed by atoms with van der Waals surface area (Å²) in [6.45, 7) is 3.42. The van der Waals surface area contributed by atoms with E-state index in [1.54, 1.807) is 44.8 Å². The van der Waals surface area contributed by atoms with Crippen molar-refractivity contribution in [3.63, 3.8) is 0 Å². The van der Waals surface area contributed by atoms with Gasteiger partial charge in [-0.25, -0.2) is 8.78 Å². The van der Waals surface area contributed by atoms with Crippen LogP contribution in [0.3, 0.4) is 0 Å². The van der Waals surface area contributed by atoms with Crippen LogP contribution < -0.4 is 29.8 Å². The number of carbonyl (C=O) groups excluding carboxylic acids is 1. The van der Waals surface area contributed by atoms with Crippen LogP contribution in [0.15, 0.2) is 77.9 Å². The van der Waals surface area contributed by atoms with Gasteiger partial charge in [-0.2, -0.15) is 0 Å². The maximum atomic E-state index is 15.5. The Bertz CT molecular complexity index is 2130. The number of piperidine rings is 1. The first-order chi connectivity index (χ1) is 24.8. The van der Waals surface area contributed by atoms with Gasteiger partial charge in [-0.15, -0.1) is 0 Å². The van der Waals surface area contributed by atoms with Crippen molar-refractivity contribution in [2.24, 2.45) is 0 Å². The molecule has 1 N–H and O–H groups in total. The molecule has 2 aliphatic rings. The van der Waals surface area contributed by atoms with Crippen molar-refractivity contribution in [2.75, 3.05) is 52.4 Å². The van der Waals surface area contributed by atoms with Crippen LogP contribution in [0.1, 0.15) is 28.8 Å². The summed E-state index contributed by atoms with van der Waals surface area (Å²) in [6, 6.07) is 14.4. The molecule has 51 heavy (non-hydrogen) atoms. The third kappa shape index (κ3) is 7.21. The van der Waals surface area contributed by atoms with E-state index in [9.17, 15) is 14.0 Å². The molecular formula is C38H36F2N4O7. The van der Waals surface area contributed by atoms with E-state index in [1.165, 1.54) is 41.0 Å². The molecule has 2 aliphatic heterocycles. The molecule has 13 heteroatoms. The molecule has 0 bridgehead atoms. The lowest BCUT2D eigenvalue weighted by Crippen LogP contribution is -2.38. The lowest BCUT2D eigenvalue weighted by Gasteiger charge is -2.31. The van der Waals surface area contributed by atoms with E-state index in [1.807, 2.05) is 0 Å². The van der Waals surface area contributed by atoms with Gasteiger partial charge in [-0.1, -0.05) is 0 Å². The molecule has 1 amide bonds. The predicted octanol–water partition coefficient (Wildman–Crippen LogP) is 6.14.